The highest BCUT2D eigenvalue weighted by Crippen LogP contribution is 2.29. The van der Waals surface area contributed by atoms with Gasteiger partial charge in [-0.15, -0.1) is 11.3 Å². The summed E-state index contributed by atoms with van der Waals surface area (Å²) in [6, 6.07) is 9.86. The van der Waals surface area contributed by atoms with Gasteiger partial charge >= 0.3 is 0 Å². The number of nitrogens with zero attached hydrogens (tertiary/aromatic N) is 5. The van der Waals surface area contributed by atoms with Crippen LogP contribution >= 0.6 is 11.3 Å². The third-order valence-corrected chi connectivity index (χ3v) is 4.60. The van der Waals surface area contributed by atoms with E-state index in [9.17, 15) is 0 Å². The van der Waals surface area contributed by atoms with Crippen molar-refractivity contribution < 1.29 is 0 Å². The number of anilines is 1. The lowest BCUT2D eigenvalue weighted by atomic mass is 10.2. The Bertz CT molecular complexity index is 927. The van der Waals surface area contributed by atoms with Crippen molar-refractivity contribution in [3.63, 3.8) is 0 Å². The predicted octanol–water partition coefficient (Wildman–Crippen LogP) is 2.84. The van der Waals surface area contributed by atoms with E-state index in [2.05, 4.69) is 19.9 Å². The molecule has 0 atom stereocenters. The summed E-state index contributed by atoms with van der Waals surface area (Å²) in [5.74, 6) is 1.80. The molecule has 0 aliphatic carbocycles. The Hall–Kier alpha value is -2.80. The zero-order valence-electron chi connectivity index (χ0n) is 12.5. The first-order chi connectivity index (χ1) is 11.2. The van der Waals surface area contributed by atoms with Gasteiger partial charge in [0.25, 0.3) is 0 Å². The van der Waals surface area contributed by atoms with Crippen LogP contribution in [0.25, 0.3) is 22.9 Å². The number of thiazole rings is 1. The summed E-state index contributed by atoms with van der Waals surface area (Å²) in [6.07, 6.45) is 1.71. The monoisotopic (exact) mass is 322 g/mol. The maximum absolute atomic E-state index is 5.98. The van der Waals surface area contributed by atoms with Crippen molar-refractivity contribution in [3.8, 4) is 22.9 Å². The molecule has 2 aliphatic heterocycles. The number of hydrogen-bond donors (Lipinski definition) is 1. The van der Waals surface area contributed by atoms with Crippen molar-refractivity contribution in [2.24, 2.45) is 0 Å². The molecule has 7 heteroatoms. The van der Waals surface area contributed by atoms with Crippen LogP contribution in [0.3, 0.4) is 0 Å². The smallest absolute Gasteiger partial charge is 0.166 e. The van der Waals surface area contributed by atoms with E-state index in [4.69, 9.17) is 5.73 Å². The molecular formula is C16H14N6S. The fourth-order valence-corrected chi connectivity index (χ4v) is 3.19. The van der Waals surface area contributed by atoms with Crippen LogP contribution in [0.15, 0.2) is 42.2 Å². The molecule has 0 unspecified atom stereocenters. The van der Waals surface area contributed by atoms with E-state index in [1.165, 1.54) is 4.88 Å². The Morgan fingerprint density at radius 2 is 1.96 bits per heavy atom. The van der Waals surface area contributed by atoms with Crippen molar-refractivity contribution in [1.82, 2.24) is 24.5 Å². The Morgan fingerprint density at radius 3 is 2.70 bits per heavy atom. The first kappa shape index (κ1) is 13.8. The number of hydrogen-bond acceptors (Lipinski definition) is 6. The molecule has 2 aromatic rings. The van der Waals surface area contributed by atoms with Crippen LogP contribution in [0.5, 0.6) is 0 Å². The number of nitrogens with two attached hydrogens (primary N) is 1. The van der Waals surface area contributed by atoms with Crippen LogP contribution in [-0.2, 0) is 6.54 Å². The molecule has 1 aromatic carbocycles. The van der Waals surface area contributed by atoms with Gasteiger partial charge < -0.3 is 10.3 Å². The van der Waals surface area contributed by atoms with Gasteiger partial charge in [-0.25, -0.2) is 19.9 Å². The Labute approximate surface area is 137 Å². The summed E-state index contributed by atoms with van der Waals surface area (Å²) in [6.45, 7) is 2.66. The molecule has 2 N–H and O–H groups in total. The lowest BCUT2D eigenvalue weighted by Gasteiger charge is -2.10. The molecule has 0 saturated carbocycles. The predicted molar refractivity (Wildman–Crippen MR) is 90.2 cm³/mol. The van der Waals surface area contributed by atoms with E-state index >= 15 is 0 Å². The molecular weight excluding hydrogens is 308 g/mol. The Kier molecular flexibility index (Phi) is 3.27. The molecule has 0 amide bonds. The van der Waals surface area contributed by atoms with Crippen LogP contribution in [0.4, 0.5) is 5.82 Å². The minimum atomic E-state index is 0.395. The van der Waals surface area contributed by atoms with Crippen LogP contribution < -0.4 is 5.73 Å². The average Bonchev–Trinajstić information content (AvgIpc) is 3.19. The molecule has 3 heterocycles. The largest absolute Gasteiger partial charge is 0.382 e. The maximum Gasteiger partial charge on any atom is 0.166 e. The Balaban J connectivity index is 1.82. The first-order valence-electron chi connectivity index (χ1n) is 7.15. The average molecular weight is 322 g/mol. The summed E-state index contributed by atoms with van der Waals surface area (Å²) in [5, 5.41) is 0. The number of imidazole rings is 1. The third-order valence-electron chi connectivity index (χ3n) is 3.68. The summed E-state index contributed by atoms with van der Waals surface area (Å²) < 4.78 is 1.96. The number of fused-ring (bicyclic) bond motifs is 1. The SMILES string of the molecule is Cc1ncsc1Cn1cnc(N)c2nc(-c3ccccc3)nc1-2. The molecule has 114 valence electrons. The highest BCUT2D eigenvalue weighted by Gasteiger charge is 2.20. The van der Waals surface area contributed by atoms with Crippen molar-refractivity contribution in [2.45, 2.75) is 13.5 Å². The summed E-state index contributed by atoms with van der Waals surface area (Å²) >= 11 is 1.62. The van der Waals surface area contributed by atoms with E-state index in [1.54, 1.807) is 17.7 Å². The fourth-order valence-electron chi connectivity index (χ4n) is 2.42. The Morgan fingerprint density at radius 1 is 1.13 bits per heavy atom. The van der Waals surface area contributed by atoms with Crippen molar-refractivity contribution in [2.75, 3.05) is 5.73 Å². The zero-order chi connectivity index (χ0) is 15.8. The molecule has 0 radical (unpaired) electrons. The minimum absolute atomic E-state index is 0.395. The van der Waals surface area contributed by atoms with Crippen molar-refractivity contribution in [1.29, 1.82) is 0 Å². The van der Waals surface area contributed by atoms with Gasteiger partial charge in [0.15, 0.2) is 23.2 Å². The second-order valence-corrected chi connectivity index (χ2v) is 6.14. The lowest BCUT2D eigenvalue weighted by molar-refractivity contribution is 0.767. The molecule has 0 fully saturated rings. The third kappa shape index (κ3) is 2.44. The van der Waals surface area contributed by atoms with E-state index in [1.807, 2.05) is 47.3 Å². The number of benzene rings is 1. The van der Waals surface area contributed by atoms with Gasteiger partial charge in [-0.05, 0) is 6.92 Å². The second-order valence-electron chi connectivity index (χ2n) is 5.20. The minimum Gasteiger partial charge on any atom is -0.382 e. The summed E-state index contributed by atoms with van der Waals surface area (Å²) in [7, 11) is 0. The molecule has 2 aliphatic rings. The van der Waals surface area contributed by atoms with Gasteiger partial charge in [-0.2, -0.15) is 0 Å². The zero-order valence-corrected chi connectivity index (χ0v) is 13.3. The quantitative estimate of drug-likeness (QED) is 0.627. The first-order valence-corrected chi connectivity index (χ1v) is 8.03. The van der Waals surface area contributed by atoms with Gasteiger partial charge in [0, 0.05) is 10.4 Å². The molecule has 4 rings (SSSR count). The standard InChI is InChI=1S/C16H14N6S/c1-10-12(23-9-19-10)7-22-8-18-14(17)13-16(22)21-15(20-13)11-5-3-2-4-6-11/h2-6,8-9H,7,17H2,1H3. The lowest BCUT2D eigenvalue weighted by Crippen LogP contribution is -2.09. The van der Waals surface area contributed by atoms with Gasteiger partial charge in [0.05, 0.1) is 24.1 Å². The highest BCUT2D eigenvalue weighted by molar-refractivity contribution is 7.09. The highest BCUT2D eigenvalue weighted by atomic mass is 32.1. The molecule has 1 aromatic heterocycles. The van der Waals surface area contributed by atoms with Gasteiger partial charge in [-0.3, -0.25) is 0 Å². The number of aromatic nitrogens is 5. The molecule has 0 saturated heterocycles. The second kappa shape index (κ2) is 5.44. The van der Waals surface area contributed by atoms with E-state index in [0.717, 1.165) is 17.1 Å². The van der Waals surface area contributed by atoms with Crippen molar-refractivity contribution in [3.05, 3.63) is 52.7 Å². The molecule has 0 bridgehead atoms. The van der Waals surface area contributed by atoms with Gasteiger partial charge in [0.2, 0.25) is 0 Å². The number of nitrogen functional groups attached to an aromatic ring is 1. The maximum atomic E-state index is 5.98. The van der Waals surface area contributed by atoms with Gasteiger partial charge in [-0.1, -0.05) is 30.3 Å². The molecule has 6 nitrogen and oxygen atoms in total. The summed E-state index contributed by atoms with van der Waals surface area (Å²) in [5.41, 5.74) is 10.4. The number of rotatable bonds is 3. The summed E-state index contributed by atoms with van der Waals surface area (Å²) in [4.78, 5) is 18.9. The van der Waals surface area contributed by atoms with E-state index in [0.29, 0.717) is 23.9 Å². The number of aryl methyl sites for hydroxylation is 1. The van der Waals surface area contributed by atoms with Crippen LogP contribution in [0.2, 0.25) is 0 Å². The van der Waals surface area contributed by atoms with Gasteiger partial charge in [0.1, 0.15) is 0 Å². The van der Waals surface area contributed by atoms with Crippen LogP contribution in [0, 0.1) is 6.92 Å². The fraction of sp³-hybridized carbons (Fsp3) is 0.125. The van der Waals surface area contributed by atoms with Crippen molar-refractivity contribution >= 4 is 17.2 Å². The van der Waals surface area contributed by atoms with E-state index in [-0.39, 0.29) is 0 Å². The molecule has 23 heavy (non-hydrogen) atoms. The topological polar surface area (TPSA) is 82.5 Å². The van der Waals surface area contributed by atoms with E-state index < -0.39 is 0 Å². The normalized spacial score (nSPS) is 11.2. The van der Waals surface area contributed by atoms with Crippen LogP contribution in [-0.4, -0.2) is 24.5 Å². The van der Waals surface area contributed by atoms with Crippen LogP contribution in [0.1, 0.15) is 10.6 Å². The molecule has 0 spiro atoms.